The van der Waals surface area contributed by atoms with Crippen LogP contribution in [0.5, 0.6) is 0 Å². The third-order valence-electron chi connectivity index (χ3n) is 3.64. The van der Waals surface area contributed by atoms with Gasteiger partial charge in [0.25, 0.3) is 0 Å². The molecule has 2 rings (SSSR count). The zero-order chi connectivity index (χ0) is 15.8. The Balaban J connectivity index is 1.92. The molecule has 6 nitrogen and oxygen atoms in total. The van der Waals surface area contributed by atoms with Crippen molar-refractivity contribution in [3.8, 4) is 0 Å². The molecule has 22 heavy (non-hydrogen) atoms. The number of nitrogens with one attached hydrogen (secondary N) is 2. The fourth-order valence-electron chi connectivity index (χ4n) is 2.45. The summed E-state index contributed by atoms with van der Waals surface area (Å²) in [6.07, 6.45) is -0.140. The van der Waals surface area contributed by atoms with E-state index < -0.39 is 18.2 Å². The van der Waals surface area contributed by atoms with Gasteiger partial charge in [-0.2, -0.15) is 0 Å². The number of hydrogen-bond acceptors (Lipinski definition) is 5. The van der Waals surface area contributed by atoms with Gasteiger partial charge in [-0.1, -0.05) is 30.3 Å². The van der Waals surface area contributed by atoms with Crippen molar-refractivity contribution in [2.75, 3.05) is 26.8 Å². The van der Waals surface area contributed by atoms with Crippen LogP contribution in [0.2, 0.25) is 0 Å². The lowest BCUT2D eigenvalue weighted by atomic mass is 10.0. The normalized spacial score (nSPS) is 20.4. The molecule has 0 aliphatic carbocycles. The summed E-state index contributed by atoms with van der Waals surface area (Å²) in [7, 11) is 1.76. The van der Waals surface area contributed by atoms with Crippen LogP contribution in [-0.4, -0.2) is 56.3 Å². The molecule has 1 saturated heterocycles. The Hall–Kier alpha value is -1.63. The third kappa shape index (κ3) is 5.29. The summed E-state index contributed by atoms with van der Waals surface area (Å²) in [5.41, 5.74) is 1.05. The monoisotopic (exact) mass is 308 g/mol. The van der Waals surface area contributed by atoms with E-state index in [1.54, 1.807) is 7.05 Å². The van der Waals surface area contributed by atoms with Gasteiger partial charge < -0.3 is 25.2 Å². The van der Waals surface area contributed by atoms with Crippen molar-refractivity contribution in [2.45, 2.75) is 31.1 Å². The topological polar surface area (TPSA) is 79.8 Å². The highest BCUT2D eigenvalue weighted by Gasteiger charge is 2.25. The van der Waals surface area contributed by atoms with Gasteiger partial charge in [0.05, 0.1) is 25.4 Å². The van der Waals surface area contributed by atoms with Crippen molar-refractivity contribution in [1.82, 2.24) is 10.6 Å². The molecule has 1 unspecified atom stereocenters. The molecular weight excluding hydrogens is 284 g/mol. The average molecular weight is 308 g/mol. The molecule has 6 heteroatoms. The van der Waals surface area contributed by atoms with E-state index in [-0.39, 0.29) is 6.10 Å². The molecular formula is C16H24N2O4. The van der Waals surface area contributed by atoms with Crippen LogP contribution in [0.4, 0.5) is 4.79 Å². The molecule has 1 aromatic rings. The van der Waals surface area contributed by atoms with E-state index in [9.17, 15) is 9.90 Å². The highest BCUT2D eigenvalue weighted by atomic mass is 16.6. The maximum Gasteiger partial charge on any atom is 0.407 e. The first-order valence-electron chi connectivity index (χ1n) is 7.60. The Morgan fingerprint density at radius 2 is 2.23 bits per heavy atom. The Morgan fingerprint density at radius 3 is 2.86 bits per heavy atom. The second-order valence-electron chi connectivity index (χ2n) is 5.46. The molecule has 1 heterocycles. The summed E-state index contributed by atoms with van der Waals surface area (Å²) in [4.78, 5) is 12.0. The highest BCUT2D eigenvalue weighted by molar-refractivity contribution is 5.68. The van der Waals surface area contributed by atoms with E-state index in [1.807, 2.05) is 30.3 Å². The predicted molar refractivity (Wildman–Crippen MR) is 82.7 cm³/mol. The van der Waals surface area contributed by atoms with Gasteiger partial charge in [0.1, 0.15) is 6.10 Å². The SMILES string of the molecule is CNC[C@@H](O)C(Cc1ccccc1)NC(=O)O[C@H]1CCOC1. The van der Waals surface area contributed by atoms with Crippen LogP contribution in [-0.2, 0) is 15.9 Å². The minimum absolute atomic E-state index is 0.196. The number of carbonyl (C=O) groups is 1. The van der Waals surface area contributed by atoms with Gasteiger partial charge in [-0.25, -0.2) is 4.79 Å². The number of rotatable bonds is 7. The number of ether oxygens (including phenoxy) is 2. The Morgan fingerprint density at radius 1 is 1.45 bits per heavy atom. The quantitative estimate of drug-likeness (QED) is 0.691. The van der Waals surface area contributed by atoms with Crippen LogP contribution in [0.1, 0.15) is 12.0 Å². The molecule has 3 N–H and O–H groups in total. The first-order valence-corrected chi connectivity index (χ1v) is 7.60. The van der Waals surface area contributed by atoms with Crippen LogP contribution < -0.4 is 10.6 Å². The smallest absolute Gasteiger partial charge is 0.407 e. The van der Waals surface area contributed by atoms with Crippen molar-refractivity contribution in [3.05, 3.63) is 35.9 Å². The van der Waals surface area contributed by atoms with Crippen LogP contribution in [0.15, 0.2) is 30.3 Å². The summed E-state index contributed by atoms with van der Waals surface area (Å²) >= 11 is 0. The fraction of sp³-hybridized carbons (Fsp3) is 0.562. The van der Waals surface area contributed by atoms with E-state index in [4.69, 9.17) is 9.47 Å². The largest absolute Gasteiger partial charge is 0.444 e. The summed E-state index contributed by atoms with van der Waals surface area (Å²) in [6, 6.07) is 9.33. The van der Waals surface area contributed by atoms with E-state index in [0.29, 0.717) is 26.2 Å². The second-order valence-corrected chi connectivity index (χ2v) is 5.46. The number of hydrogen-bond donors (Lipinski definition) is 3. The third-order valence-corrected chi connectivity index (χ3v) is 3.64. The maximum atomic E-state index is 12.0. The molecule has 122 valence electrons. The number of alkyl carbamates (subject to hydrolysis) is 1. The van der Waals surface area contributed by atoms with Crippen LogP contribution in [0.3, 0.4) is 0 Å². The van der Waals surface area contributed by atoms with Gasteiger partial charge in [-0.3, -0.25) is 0 Å². The number of aliphatic hydroxyl groups is 1. The zero-order valence-electron chi connectivity index (χ0n) is 12.8. The van der Waals surface area contributed by atoms with Crippen LogP contribution in [0, 0.1) is 0 Å². The summed E-state index contributed by atoms with van der Waals surface area (Å²) in [5.74, 6) is 0. The average Bonchev–Trinajstić information content (AvgIpc) is 3.00. The Labute approximate surface area is 130 Å². The van der Waals surface area contributed by atoms with Crippen molar-refractivity contribution in [1.29, 1.82) is 0 Å². The number of aliphatic hydroxyl groups excluding tert-OH is 1. The lowest BCUT2D eigenvalue weighted by Gasteiger charge is -2.24. The Bertz CT molecular complexity index is 449. The highest BCUT2D eigenvalue weighted by Crippen LogP contribution is 2.10. The van der Waals surface area contributed by atoms with E-state index in [0.717, 1.165) is 12.0 Å². The van der Waals surface area contributed by atoms with E-state index in [2.05, 4.69) is 10.6 Å². The summed E-state index contributed by atoms with van der Waals surface area (Å²) in [6.45, 7) is 1.45. The second kappa shape index (κ2) is 8.73. The molecule has 0 aromatic heterocycles. The molecule has 1 amide bonds. The fourth-order valence-corrected chi connectivity index (χ4v) is 2.45. The van der Waals surface area contributed by atoms with Crippen LogP contribution >= 0.6 is 0 Å². The van der Waals surface area contributed by atoms with Gasteiger partial charge in [-0.15, -0.1) is 0 Å². The molecule has 1 aliphatic rings. The van der Waals surface area contributed by atoms with Crippen molar-refractivity contribution < 1.29 is 19.4 Å². The predicted octanol–water partition coefficient (Wildman–Crippen LogP) is 0.693. The lowest BCUT2D eigenvalue weighted by molar-refractivity contribution is 0.0693. The molecule has 1 aliphatic heterocycles. The van der Waals surface area contributed by atoms with E-state index in [1.165, 1.54) is 0 Å². The Kier molecular flexibility index (Phi) is 6.64. The van der Waals surface area contributed by atoms with Crippen molar-refractivity contribution in [3.63, 3.8) is 0 Å². The molecule has 0 spiro atoms. The molecule has 0 radical (unpaired) electrons. The molecule has 0 saturated carbocycles. The minimum Gasteiger partial charge on any atom is -0.444 e. The summed E-state index contributed by atoms with van der Waals surface area (Å²) in [5, 5.41) is 15.9. The summed E-state index contributed by atoms with van der Waals surface area (Å²) < 4.78 is 10.5. The number of likely N-dealkylation sites (N-methyl/N-ethyl adjacent to an activating group) is 1. The zero-order valence-corrected chi connectivity index (χ0v) is 12.8. The molecule has 1 fully saturated rings. The lowest BCUT2D eigenvalue weighted by Crippen LogP contribution is -2.49. The van der Waals surface area contributed by atoms with E-state index >= 15 is 0 Å². The number of amides is 1. The van der Waals surface area contributed by atoms with Gasteiger partial charge in [0, 0.05) is 13.0 Å². The van der Waals surface area contributed by atoms with Gasteiger partial charge in [-0.05, 0) is 19.0 Å². The molecule has 1 aromatic carbocycles. The van der Waals surface area contributed by atoms with Gasteiger partial charge >= 0.3 is 6.09 Å². The number of carbonyl (C=O) groups excluding carboxylic acids is 1. The van der Waals surface area contributed by atoms with Gasteiger partial charge in [0.2, 0.25) is 0 Å². The van der Waals surface area contributed by atoms with Gasteiger partial charge in [0.15, 0.2) is 0 Å². The van der Waals surface area contributed by atoms with Crippen LogP contribution in [0.25, 0.3) is 0 Å². The maximum absolute atomic E-state index is 12.0. The first-order chi connectivity index (χ1) is 10.7. The standard InChI is InChI=1S/C16H24N2O4/c1-17-10-15(19)14(9-12-5-3-2-4-6-12)18-16(20)22-13-7-8-21-11-13/h2-6,13-15,17,19H,7-11H2,1H3,(H,18,20)/t13-,14?,15+/m0/s1. The van der Waals surface area contributed by atoms with Crippen molar-refractivity contribution >= 4 is 6.09 Å². The molecule has 0 bridgehead atoms. The molecule has 3 atom stereocenters. The minimum atomic E-state index is -0.697. The number of benzene rings is 1. The van der Waals surface area contributed by atoms with Crippen molar-refractivity contribution in [2.24, 2.45) is 0 Å². The first kappa shape index (κ1) is 16.7.